The minimum Gasteiger partial charge on any atom is -0.379 e. The van der Waals surface area contributed by atoms with Crippen LogP contribution in [0.5, 0.6) is 0 Å². The van der Waals surface area contributed by atoms with E-state index in [2.05, 4.69) is 15.5 Å². The highest BCUT2D eigenvalue weighted by Gasteiger charge is 2.39. The van der Waals surface area contributed by atoms with Crippen LogP contribution in [0.3, 0.4) is 0 Å². The summed E-state index contributed by atoms with van der Waals surface area (Å²) >= 11 is 3.79. The predicted molar refractivity (Wildman–Crippen MR) is 68.2 cm³/mol. The smallest absolute Gasteiger partial charge is 0.260 e. The maximum Gasteiger partial charge on any atom is 0.260 e. The largest absolute Gasteiger partial charge is 0.379 e. The normalized spacial score (nSPS) is 34.1. The average molecular weight is 273 g/mol. The van der Waals surface area contributed by atoms with Gasteiger partial charge in [-0.05, 0) is 13.0 Å². The minimum atomic E-state index is -0.961. The fourth-order valence-corrected chi connectivity index (χ4v) is 4.64. The number of aromatic nitrogens is 2. The summed E-state index contributed by atoms with van der Waals surface area (Å²) in [5.74, 6) is 4.46. The Kier molecular flexibility index (Phi) is 3.34. The van der Waals surface area contributed by atoms with Gasteiger partial charge in [0.25, 0.3) is 5.89 Å². The van der Waals surface area contributed by atoms with Gasteiger partial charge in [-0.2, -0.15) is 16.7 Å². The number of hydrogen-bond acceptors (Lipinski definition) is 7. The molecule has 0 spiro atoms. The number of hydrogen-bond donors (Lipinski definition) is 2. The van der Waals surface area contributed by atoms with E-state index in [9.17, 15) is 5.11 Å². The van der Waals surface area contributed by atoms with Crippen molar-refractivity contribution in [2.75, 3.05) is 30.3 Å². The first-order valence-electron chi connectivity index (χ1n) is 5.74. The molecule has 2 aliphatic rings. The first-order valence-corrected chi connectivity index (χ1v) is 7.95. The van der Waals surface area contributed by atoms with E-state index in [0.29, 0.717) is 24.1 Å². The van der Waals surface area contributed by atoms with Gasteiger partial charge in [0.2, 0.25) is 0 Å². The van der Waals surface area contributed by atoms with Crippen LogP contribution in [-0.4, -0.2) is 45.6 Å². The topological polar surface area (TPSA) is 71.2 Å². The summed E-state index contributed by atoms with van der Waals surface area (Å²) in [7, 11) is 0. The monoisotopic (exact) mass is 273 g/mol. The number of thioether (sulfide) groups is 2. The lowest BCUT2D eigenvalue weighted by atomic mass is 10.0. The molecule has 2 N–H and O–H groups in total. The highest BCUT2D eigenvalue weighted by molar-refractivity contribution is 8.06. The molecule has 0 radical (unpaired) electrons. The van der Waals surface area contributed by atoms with Gasteiger partial charge >= 0.3 is 0 Å². The number of aliphatic hydroxyl groups is 1. The molecule has 2 atom stereocenters. The van der Waals surface area contributed by atoms with E-state index >= 15 is 0 Å². The van der Waals surface area contributed by atoms with Crippen molar-refractivity contribution in [2.24, 2.45) is 0 Å². The Balaban J connectivity index is 1.77. The molecule has 3 rings (SSSR count). The lowest BCUT2D eigenvalue weighted by Gasteiger charge is -2.17. The molecule has 0 aliphatic carbocycles. The minimum absolute atomic E-state index is 0.309. The summed E-state index contributed by atoms with van der Waals surface area (Å²) in [6, 6.07) is 0. The zero-order valence-electron chi connectivity index (χ0n) is 9.39. The molecule has 1 aromatic rings. The second kappa shape index (κ2) is 4.79. The molecule has 2 saturated heterocycles. The summed E-state index contributed by atoms with van der Waals surface area (Å²) in [6.07, 6.45) is 0.640. The van der Waals surface area contributed by atoms with Crippen molar-refractivity contribution >= 4 is 23.5 Å². The number of β-amino-alcohol motifs (C(OH)–C–C–N with tert-alkyl or cyclic N) is 1. The van der Waals surface area contributed by atoms with Crippen LogP contribution in [0.2, 0.25) is 0 Å². The van der Waals surface area contributed by atoms with Crippen molar-refractivity contribution in [1.82, 2.24) is 15.5 Å². The molecule has 2 unspecified atom stereocenters. The molecule has 0 amide bonds. The molecule has 7 heteroatoms. The lowest BCUT2D eigenvalue weighted by molar-refractivity contribution is 0.0243. The molecular weight excluding hydrogens is 258 g/mol. The van der Waals surface area contributed by atoms with Crippen molar-refractivity contribution < 1.29 is 9.63 Å². The number of nitrogens with zero attached hydrogens (tertiary/aromatic N) is 2. The summed E-state index contributed by atoms with van der Waals surface area (Å²) in [5.41, 5.74) is -0.961. The van der Waals surface area contributed by atoms with E-state index < -0.39 is 5.60 Å². The van der Waals surface area contributed by atoms with Crippen LogP contribution in [0, 0.1) is 0 Å². The zero-order valence-corrected chi connectivity index (χ0v) is 11.0. The Bertz CT molecular complexity index is 387. The van der Waals surface area contributed by atoms with Gasteiger partial charge in [-0.3, -0.25) is 0 Å². The fraction of sp³-hybridized carbons (Fsp3) is 0.800. The second-order valence-electron chi connectivity index (χ2n) is 4.35. The molecule has 1 aromatic heterocycles. The summed E-state index contributed by atoms with van der Waals surface area (Å²) in [6.45, 7) is 1.30. The van der Waals surface area contributed by atoms with Crippen LogP contribution in [0.15, 0.2) is 4.52 Å². The molecule has 2 fully saturated rings. The van der Waals surface area contributed by atoms with Crippen LogP contribution in [0.4, 0.5) is 0 Å². The van der Waals surface area contributed by atoms with Gasteiger partial charge in [-0.25, -0.2) is 0 Å². The molecule has 0 saturated carbocycles. The summed E-state index contributed by atoms with van der Waals surface area (Å²) in [5, 5.41) is 17.7. The first kappa shape index (κ1) is 11.8. The van der Waals surface area contributed by atoms with Gasteiger partial charge in [-0.15, -0.1) is 11.8 Å². The Morgan fingerprint density at radius 1 is 1.47 bits per heavy atom. The fourth-order valence-electron chi connectivity index (χ4n) is 2.05. The van der Waals surface area contributed by atoms with E-state index in [4.69, 9.17) is 4.52 Å². The summed E-state index contributed by atoms with van der Waals surface area (Å²) < 4.78 is 5.23. The molecular formula is C10H15N3O2S2. The third-order valence-corrected chi connectivity index (χ3v) is 5.83. The van der Waals surface area contributed by atoms with Gasteiger partial charge in [0.15, 0.2) is 11.4 Å². The Labute approximate surface area is 108 Å². The molecule has 2 aliphatic heterocycles. The van der Waals surface area contributed by atoms with Crippen LogP contribution in [0.1, 0.15) is 23.4 Å². The molecule has 0 aromatic carbocycles. The molecule has 94 valence electrons. The van der Waals surface area contributed by atoms with Crippen LogP contribution in [0.25, 0.3) is 0 Å². The zero-order chi connectivity index (χ0) is 11.7. The molecule has 17 heavy (non-hydrogen) atoms. The van der Waals surface area contributed by atoms with Gasteiger partial charge in [0.05, 0.1) is 5.25 Å². The van der Waals surface area contributed by atoms with Gasteiger partial charge in [-0.1, -0.05) is 5.16 Å². The SMILES string of the molecule is OC1(c2nc(C3CSCCS3)no2)CCNC1. The third-order valence-electron chi connectivity index (χ3n) is 3.08. The molecule has 0 bridgehead atoms. The van der Waals surface area contributed by atoms with Gasteiger partial charge in [0, 0.05) is 23.8 Å². The van der Waals surface area contributed by atoms with Crippen molar-refractivity contribution in [1.29, 1.82) is 0 Å². The Morgan fingerprint density at radius 3 is 3.12 bits per heavy atom. The van der Waals surface area contributed by atoms with E-state index in [1.807, 2.05) is 23.5 Å². The summed E-state index contributed by atoms with van der Waals surface area (Å²) in [4.78, 5) is 4.39. The van der Waals surface area contributed by atoms with Crippen LogP contribution < -0.4 is 5.32 Å². The van der Waals surface area contributed by atoms with Crippen molar-refractivity contribution in [2.45, 2.75) is 17.3 Å². The highest BCUT2D eigenvalue weighted by atomic mass is 32.2. The standard InChI is InChI=1S/C10H15N3O2S2/c14-10(1-2-11-6-10)9-12-8(13-15-9)7-5-16-3-4-17-7/h7,11,14H,1-6H2. The molecule has 5 nitrogen and oxygen atoms in total. The van der Waals surface area contributed by atoms with E-state index in [1.165, 1.54) is 5.75 Å². The van der Waals surface area contributed by atoms with E-state index in [0.717, 1.165) is 23.9 Å². The van der Waals surface area contributed by atoms with Crippen molar-refractivity contribution in [3.63, 3.8) is 0 Å². The highest BCUT2D eigenvalue weighted by Crippen LogP contribution is 2.36. The van der Waals surface area contributed by atoms with E-state index in [-0.39, 0.29) is 0 Å². The van der Waals surface area contributed by atoms with Crippen LogP contribution in [-0.2, 0) is 5.60 Å². The second-order valence-corrected chi connectivity index (χ2v) is 6.81. The number of rotatable bonds is 2. The van der Waals surface area contributed by atoms with Crippen molar-refractivity contribution in [3.05, 3.63) is 11.7 Å². The Morgan fingerprint density at radius 2 is 2.41 bits per heavy atom. The lowest BCUT2D eigenvalue weighted by Crippen LogP contribution is -2.28. The maximum atomic E-state index is 10.3. The van der Waals surface area contributed by atoms with Gasteiger partial charge in [0.1, 0.15) is 0 Å². The average Bonchev–Trinajstić information content (AvgIpc) is 2.99. The third kappa shape index (κ3) is 2.33. The first-order chi connectivity index (χ1) is 8.28. The van der Waals surface area contributed by atoms with E-state index in [1.54, 1.807) is 0 Å². The van der Waals surface area contributed by atoms with Crippen LogP contribution >= 0.6 is 23.5 Å². The predicted octanol–water partition coefficient (Wildman–Crippen LogP) is 0.772. The maximum absolute atomic E-state index is 10.3. The Hall–Kier alpha value is -0.240. The quantitative estimate of drug-likeness (QED) is 0.824. The molecule has 3 heterocycles. The van der Waals surface area contributed by atoms with Crippen molar-refractivity contribution in [3.8, 4) is 0 Å². The van der Waals surface area contributed by atoms with Gasteiger partial charge < -0.3 is 14.9 Å². The number of nitrogens with one attached hydrogen (secondary N) is 1.